The Balaban J connectivity index is 1.45. The first-order valence-corrected chi connectivity index (χ1v) is 13.3. The molecule has 4 rings (SSSR count). The lowest BCUT2D eigenvalue weighted by Crippen LogP contribution is -2.50. The molecule has 2 heterocycles. The zero-order valence-electron chi connectivity index (χ0n) is 20.4. The molecule has 2 fully saturated rings. The van der Waals surface area contributed by atoms with E-state index >= 15 is 0 Å². The Morgan fingerprint density at radius 3 is 1.97 bits per heavy atom. The zero-order chi connectivity index (χ0) is 24.6. The van der Waals surface area contributed by atoms with Gasteiger partial charge in [-0.25, -0.2) is 8.42 Å². The zero-order valence-corrected chi connectivity index (χ0v) is 21.2. The first-order valence-electron chi connectivity index (χ1n) is 11.9. The van der Waals surface area contributed by atoms with Gasteiger partial charge in [-0.2, -0.15) is 4.31 Å². The normalized spacial score (nSPS) is 17.8. The first-order chi connectivity index (χ1) is 16.1. The molecule has 34 heavy (non-hydrogen) atoms. The average Bonchev–Trinajstić information content (AvgIpc) is 2.83. The minimum atomic E-state index is -3.65. The van der Waals surface area contributed by atoms with Crippen molar-refractivity contribution in [3.05, 3.63) is 58.1 Å². The van der Waals surface area contributed by atoms with Gasteiger partial charge in [0.1, 0.15) is 0 Å². The Kier molecular flexibility index (Phi) is 6.82. The van der Waals surface area contributed by atoms with Crippen LogP contribution >= 0.6 is 0 Å². The van der Waals surface area contributed by atoms with E-state index in [9.17, 15) is 18.0 Å². The van der Waals surface area contributed by atoms with Crippen molar-refractivity contribution in [2.45, 2.75) is 51.9 Å². The number of piperazine rings is 1. The van der Waals surface area contributed by atoms with E-state index in [4.69, 9.17) is 0 Å². The lowest BCUT2D eigenvalue weighted by molar-refractivity contribution is -0.119. The van der Waals surface area contributed by atoms with Crippen molar-refractivity contribution in [2.24, 2.45) is 0 Å². The van der Waals surface area contributed by atoms with Gasteiger partial charge in [-0.3, -0.25) is 9.59 Å². The van der Waals surface area contributed by atoms with Crippen LogP contribution in [0.1, 0.15) is 51.9 Å². The summed E-state index contributed by atoms with van der Waals surface area (Å²) in [5, 5.41) is 0. The molecule has 2 aromatic carbocycles. The first kappa shape index (κ1) is 24.4. The number of nitrogens with zero attached hydrogens (tertiary/aromatic N) is 3. The highest BCUT2D eigenvalue weighted by Crippen LogP contribution is 2.29. The molecule has 0 N–H and O–H groups in total. The molecule has 2 aliphatic rings. The third kappa shape index (κ3) is 4.49. The maximum Gasteiger partial charge on any atom is 0.253 e. The predicted molar refractivity (Wildman–Crippen MR) is 133 cm³/mol. The molecule has 0 bridgehead atoms. The van der Waals surface area contributed by atoms with E-state index < -0.39 is 10.0 Å². The van der Waals surface area contributed by atoms with Crippen LogP contribution in [-0.2, 0) is 14.8 Å². The van der Waals surface area contributed by atoms with Crippen LogP contribution in [0.5, 0.6) is 0 Å². The van der Waals surface area contributed by atoms with Gasteiger partial charge in [-0.15, -0.1) is 0 Å². The van der Waals surface area contributed by atoms with E-state index in [0.717, 1.165) is 40.8 Å². The number of piperidine rings is 1. The van der Waals surface area contributed by atoms with Crippen LogP contribution in [0.25, 0.3) is 0 Å². The van der Waals surface area contributed by atoms with Crippen LogP contribution in [-0.4, -0.2) is 62.2 Å². The van der Waals surface area contributed by atoms with Gasteiger partial charge < -0.3 is 9.80 Å². The Hall–Kier alpha value is -2.71. The summed E-state index contributed by atoms with van der Waals surface area (Å²) in [6, 6.07) is 9.17. The number of hydrogen-bond donors (Lipinski definition) is 0. The number of carbonyl (C=O) groups is 2. The van der Waals surface area contributed by atoms with E-state index in [1.54, 1.807) is 21.9 Å². The summed E-state index contributed by atoms with van der Waals surface area (Å²) < 4.78 is 28.5. The fourth-order valence-corrected chi connectivity index (χ4v) is 6.87. The van der Waals surface area contributed by atoms with Crippen molar-refractivity contribution < 1.29 is 18.0 Å². The summed E-state index contributed by atoms with van der Waals surface area (Å²) in [6.45, 7) is 9.50. The van der Waals surface area contributed by atoms with Gasteiger partial charge in [0.15, 0.2) is 0 Å². The van der Waals surface area contributed by atoms with Crippen LogP contribution in [0.4, 0.5) is 5.69 Å². The maximum absolute atomic E-state index is 13.5. The summed E-state index contributed by atoms with van der Waals surface area (Å²) in [7, 11) is -3.65. The van der Waals surface area contributed by atoms with Crippen molar-refractivity contribution >= 4 is 27.5 Å². The van der Waals surface area contributed by atoms with Crippen LogP contribution in [0, 0.1) is 27.7 Å². The SMILES string of the molecule is Cc1cc(C)c(C)c(S(=O)(=O)N2CCN(C(=O)c3ccc(N4CCCCC4=O)cc3)CC2)c1C. The quantitative estimate of drug-likeness (QED) is 0.666. The third-order valence-electron chi connectivity index (χ3n) is 7.17. The summed E-state index contributed by atoms with van der Waals surface area (Å²) in [4.78, 5) is 29.1. The lowest BCUT2D eigenvalue weighted by atomic mass is 10.0. The van der Waals surface area contributed by atoms with E-state index in [0.29, 0.717) is 36.5 Å². The average molecular weight is 484 g/mol. The monoisotopic (exact) mass is 483 g/mol. The minimum absolute atomic E-state index is 0.118. The van der Waals surface area contributed by atoms with Gasteiger partial charge in [0.05, 0.1) is 4.90 Å². The van der Waals surface area contributed by atoms with Crippen LogP contribution in [0.2, 0.25) is 0 Å². The highest BCUT2D eigenvalue weighted by atomic mass is 32.2. The number of aryl methyl sites for hydroxylation is 2. The molecule has 2 aromatic rings. The Bertz CT molecular complexity index is 1190. The second-order valence-corrected chi connectivity index (χ2v) is 11.2. The van der Waals surface area contributed by atoms with Crippen molar-refractivity contribution in [2.75, 3.05) is 37.6 Å². The number of hydrogen-bond acceptors (Lipinski definition) is 4. The molecule has 8 heteroatoms. The number of anilines is 1. The summed E-state index contributed by atoms with van der Waals surface area (Å²) >= 11 is 0. The Morgan fingerprint density at radius 2 is 1.41 bits per heavy atom. The molecule has 2 aliphatic heterocycles. The summed E-state index contributed by atoms with van der Waals surface area (Å²) in [5.74, 6) is 0.00395. The smallest absolute Gasteiger partial charge is 0.253 e. The second-order valence-electron chi connectivity index (χ2n) is 9.34. The van der Waals surface area contributed by atoms with Gasteiger partial charge in [0, 0.05) is 50.4 Å². The van der Waals surface area contributed by atoms with Crippen LogP contribution in [0.3, 0.4) is 0 Å². The lowest BCUT2D eigenvalue weighted by Gasteiger charge is -2.35. The molecule has 2 amide bonds. The van der Waals surface area contributed by atoms with Crippen molar-refractivity contribution in [3.63, 3.8) is 0 Å². The molecule has 7 nitrogen and oxygen atoms in total. The van der Waals surface area contributed by atoms with E-state index in [1.807, 2.05) is 45.9 Å². The van der Waals surface area contributed by atoms with Gasteiger partial charge in [-0.05, 0) is 87.1 Å². The minimum Gasteiger partial charge on any atom is -0.336 e. The highest BCUT2D eigenvalue weighted by Gasteiger charge is 2.33. The molecule has 0 spiro atoms. The Morgan fingerprint density at radius 1 is 0.824 bits per heavy atom. The topological polar surface area (TPSA) is 78.0 Å². The number of amides is 2. The van der Waals surface area contributed by atoms with Crippen molar-refractivity contribution in [1.29, 1.82) is 0 Å². The molecule has 0 aromatic heterocycles. The van der Waals surface area contributed by atoms with Crippen molar-refractivity contribution in [1.82, 2.24) is 9.21 Å². The van der Waals surface area contributed by atoms with E-state index in [1.165, 1.54) is 4.31 Å². The van der Waals surface area contributed by atoms with E-state index in [-0.39, 0.29) is 24.9 Å². The molecular weight excluding hydrogens is 450 g/mol. The molecule has 0 atom stereocenters. The molecule has 0 unspecified atom stereocenters. The predicted octanol–water partition coefficient (Wildman–Crippen LogP) is 3.58. The second kappa shape index (κ2) is 9.50. The van der Waals surface area contributed by atoms with Crippen LogP contribution < -0.4 is 4.90 Å². The fraction of sp³-hybridized carbons (Fsp3) is 0.462. The molecular formula is C26H33N3O4S. The van der Waals surface area contributed by atoms with Gasteiger partial charge in [0.2, 0.25) is 15.9 Å². The molecule has 0 aliphatic carbocycles. The Labute approximate surface area is 202 Å². The van der Waals surface area contributed by atoms with Crippen molar-refractivity contribution in [3.8, 4) is 0 Å². The van der Waals surface area contributed by atoms with E-state index in [2.05, 4.69) is 0 Å². The van der Waals surface area contributed by atoms with Gasteiger partial charge in [-0.1, -0.05) is 6.07 Å². The summed E-state index contributed by atoms with van der Waals surface area (Å²) in [6.07, 6.45) is 2.48. The maximum atomic E-state index is 13.5. The van der Waals surface area contributed by atoms with Gasteiger partial charge >= 0.3 is 0 Å². The number of sulfonamides is 1. The molecule has 0 saturated carbocycles. The largest absolute Gasteiger partial charge is 0.336 e. The molecule has 0 radical (unpaired) electrons. The fourth-order valence-electron chi connectivity index (χ4n) is 4.87. The molecule has 2 saturated heterocycles. The number of carbonyl (C=O) groups excluding carboxylic acids is 2. The third-order valence-corrected chi connectivity index (χ3v) is 9.34. The summed E-state index contributed by atoms with van der Waals surface area (Å²) in [5.41, 5.74) is 4.86. The number of benzene rings is 2. The highest BCUT2D eigenvalue weighted by molar-refractivity contribution is 7.89. The standard InChI is InChI=1S/C26H33N3O4S/c1-18-17-19(2)21(4)25(20(18)3)34(32,33)28-15-13-27(14-16-28)26(31)22-8-10-23(11-9-22)29-12-6-5-7-24(29)30/h8-11,17H,5-7,12-16H2,1-4H3. The molecule has 182 valence electrons. The van der Waals surface area contributed by atoms with Crippen LogP contribution in [0.15, 0.2) is 35.2 Å². The number of rotatable bonds is 4. The van der Waals surface area contributed by atoms with Gasteiger partial charge in [0.25, 0.3) is 5.91 Å².